The zero-order valence-electron chi connectivity index (χ0n) is 16.2. The summed E-state index contributed by atoms with van der Waals surface area (Å²) < 4.78 is 6.57. The van der Waals surface area contributed by atoms with Gasteiger partial charge >= 0.3 is 5.97 Å². The van der Waals surface area contributed by atoms with Gasteiger partial charge in [-0.25, -0.2) is 9.48 Å². The van der Waals surface area contributed by atoms with Crippen molar-refractivity contribution in [2.45, 2.75) is 13.8 Å². The van der Waals surface area contributed by atoms with Crippen molar-refractivity contribution in [3.63, 3.8) is 0 Å². The number of aromatic amines is 1. The molecule has 0 fully saturated rings. The molecular formula is C21H19N5O3. The Kier molecular flexibility index (Phi) is 4.59. The van der Waals surface area contributed by atoms with Crippen LogP contribution in [0.15, 0.2) is 48.5 Å². The van der Waals surface area contributed by atoms with E-state index in [4.69, 9.17) is 4.74 Å². The molecule has 2 heterocycles. The van der Waals surface area contributed by atoms with Gasteiger partial charge in [-0.15, -0.1) is 0 Å². The highest BCUT2D eigenvalue weighted by Crippen LogP contribution is 2.22. The number of aryl methyl sites for hydroxylation is 2. The highest BCUT2D eigenvalue weighted by Gasteiger charge is 2.15. The number of fused-ring (bicyclic) bond motifs is 1. The van der Waals surface area contributed by atoms with Crippen LogP contribution in [0.5, 0.6) is 0 Å². The first-order valence-corrected chi connectivity index (χ1v) is 8.98. The van der Waals surface area contributed by atoms with Gasteiger partial charge in [-0.05, 0) is 62.4 Å². The summed E-state index contributed by atoms with van der Waals surface area (Å²) in [4.78, 5) is 24.5. The van der Waals surface area contributed by atoms with Crippen molar-refractivity contribution in [2.24, 2.45) is 0 Å². The summed E-state index contributed by atoms with van der Waals surface area (Å²) in [6.07, 6.45) is 0. The van der Waals surface area contributed by atoms with Crippen molar-refractivity contribution in [3.8, 4) is 5.69 Å². The molecule has 146 valence electrons. The summed E-state index contributed by atoms with van der Waals surface area (Å²) in [5, 5.41) is 14.6. The van der Waals surface area contributed by atoms with Gasteiger partial charge in [0.2, 0.25) is 0 Å². The summed E-state index contributed by atoms with van der Waals surface area (Å²) >= 11 is 0. The third-order valence-electron chi connectivity index (χ3n) is 4.58. The van der Waals surface area contributed by atoms with E-state index in [9.17, 15) is 9.59 Å². The van der Waals surface area contributed by atoms with Crippen LogP contribution < -0.4 is 5.32 Å². The van der Waals surface area contributed by atoms with Gasteiger partial charge in [-0.2, -0.15) is 10.2 Å². The number of methoxy groups -OCH3 is 1. The molecule has 0 aliphatic heterocycles. The normalized spacial score (nSPS) is 10.9. The quantitative estimate of drug-likeness (QED) is 0.521. The van der Waals surface area contributed by atoms with E-state index in [-0.39, 0.29) is 11.6 Å². The number of nitrogens with one attached hydrogen (secondary N) is 2. The molecule has 2 aromatic heterocycles. The average Bonchev–Trinajstić information content (AvgIpc) is 3.29. The molecule has 0 aliphatic carbocycles. The maximum atomic E-state index is 12.6. The number of carbonyl (C=O) groups excluding carboxylic acids is 2. The minimum atomic E-state index is -0.542. The topological polar surface area (TPSA) is 102 Å². The van der Waals surface area contributed by atoms with Crippen molar-refractivity contribution in [1.82, 2.24) is 20.0 Å². The molecular weight excluding hydrogens is 370 g/mol. The standard InChI is InChI=1S/C21H19N5O3/c1-12-10-13(2)26(25-12)16-7-4-14(5-8-16)20(27)22-15-6-9-18-17(11-15)19(24-23-18)21(28)29-3/h4-11H,1-3H3,(H,22,27)(H,23,24). The van der Waals surface area contributed by atoms with Gasteiger partial charge in [-0.3, -0.25) is 9.89 Å². The highest BCUT2D eigenvalue weighted by atomic mass is 16.5. The lowest BCUT2D eigenvalue weighted by Crippen LogP contribution is -2.12. The zero-order valence-corrected chi connectivity index (χ0v) is 16.2. The zero-order chi connectivity index (χ0) is 20.5. The second-order valence-electron chi connectivity index (χ2n) is 6.66. The number of carbonyl (C=O) groups is 2. The maximum absolute atomic E-state index is 12.6. The van der Waals surface area contributed by atoms with Gasteiger partial charge in [0, 0.05) is 22.3 Å². The number of ether oxygens (including phenoxy) is 1. The van der Waals surface area contributed by atoms with Crippen molar-refractivity contribution in [1.29, 1.82) is 0 Å². The molecule has 0 aliphatic rings. The number of benzene rings is 2. The first-order valence-electron chi connectivity index (χ1n) is 8.98. The van der Waals surface area contributed by atoms with Crippen molar-refractivity contribution in [2.75, 3.05) is 12.4 Å². The molecule has 8 heteroatoms. The summed E-state index contributed by atoms with van der Waals surface area (Å²) in [5.41, 5.74) is 4.76. The monoisotopic (exact) mass is 389 g/mol. The van der Waals surface area contributed by atoms with E-state index in [0.29, 0.717) is 22.2 Å². The number of H-pyrrole nitrogens is 1. The Hall–Kier alpha value is -3.94. The minimum Gasteiger partial charge on any atom is -0.464 e. The first-order chi connectivity index (χ1) is 14.0. The maximum Gasteiger partial charge on any atom is 0.359 e. The number of hydrogen-bond acceptors (Lipinski definition) is 5. The van der Waals surface area contributed by atoms with Crippen LogP contribution in [0, 0.1) is 13.8 Å². The number of rotatable bonds is 4. The summed E-state index contributed by atoms with van der Waals surface area (Å²) in [6, 6.07) is 14.4. The number of aromatic nitrogens is 4. The second-order valence-corrected chi connectivity index (χ2v) is 6.66. The molecule has 1 amide bonds. The Bertz CT molecular complexity index is 1220. The van der Waals surface area contributed by atoms with Crippen LogP contribution in [-0.2, 0) is 4.74 Å². The Balaban J connectivity index is 1.56. The molecule has 0 bridgehead atoms. The van der Waals surface area contributed by atoms with Crippen LogP contribution in [0.1, 0.15) is 32.2 Å². The SMILES string of the molecule is COC(=O)c1n[nH]c2ccc(NC(=O)c3ccc(-n4nc(C)cc4C)cc3)cc12. The van der Waals surface area contributed by atoms with Crippen molar-refractivity contribution >= 4 is 28.5 Å². The number of anilines is 1. The lowest BCUT2D eigenvalue weighted by atomic mass is 10.1. The van der Waals surface area contributed by atoms with Gasteiger partial charge in [0.25, 0.3) is 5.91 Å². The third-order valence-corrected chi connectivity index (χ3v) is 4.58. The molecule has 29 heavy (non-hydrogen) atoms. The molecule has 0 spiro atoms. The van der Waals surface area contributed by atoms with E-state index in [1.807, 2.05) is 36.7 Å². The minimum absolute atomic E-state index is 0.174. The summed E-state index contributed by atoms with van der Waals surface area (Å²) in [6.45, 7) is 3.92. The van der Waals surface area contributed by atoms with Crippen LogP contribution in [0.3, 0.4) is 0 Å². The highest BCUT2D eigenvalue weighted by molar-refractivity contribution is 6.07. The fourth-order valence-corrected chi connectivity index (χ4v) is 3.19. The van der Waals surface area contributed by atoms with Gasteiger partial charge in [0.1, 0.15) is 0 Å². The molecule has 0 radical (unpaired) electrons. The Morgan fingerprint density at radius 3 is 2.48 bits per heavy atom. The Morgan fingerprint density at radius 2 is 1.83 bits per heavy atom. The van der Waals surface area contributed by atoms with Crippen LogP contribution in [0.2, 0.25) is 0 Å². The third kappa shape index (κ3) is 3.47. The molecule has 2 aromatic carbocycles. The molecule has 0 unspecified atom stereocenters. The predicted octanol–water partition coefficient (Wildman–Crippen LogP) is 3.40. The molecule has 4 rings (SSSR count). The molecule has 2 N–H and O–H groups in total. The number of hydrogen-bond donors (Lipinski definition) is 2. The van der Waals surface area contributed by atoms with Crippen LogP contribution in [-0.4, -0.2) is 39.0 Å². The van der Waals surface area contributed by atoms with E-state index in [0.717, 1.165) is 17.1 Å². The Labute approximate surface area is 166 Å². The smallest absolute Gasteiger partial charge is 0.359 e. The molecule has 4 aromatic rings. The van der Waals surface area contributed by atoms with E-state index >= 15 is 0 Å². The molecule has 8 nitrogen and oxygen atoms in total. The van der Waals surface area contributed by atoms with Crippen LogP contribution >= 0.6 is 0 Å². The summed E-state index contributed by atoms with van der Waals surface area (Å²) in [5.74, 6) is -0.799. The average molecular weight is 389 g/mol. The lowest BCUT2D eigenvalue weighted by molar-refractivity contribution is 0.0596. The van der Waals surface area contributed by atoms with Crippen LogP contribution in [0.4, 0.5) is 5.69 Å². The largest absolute Gasteiger partial charge is 0.464 e. The van der Waals surface area contributed by atoms with E-state index in [2.05, 4.69) is 20.6 Å². The second kappa shape index (κ2) is 7.23. The molecule has 0 saturated carbocycles. The Morgan fingerprint density at radius 1 is 1.07 bits per heavy atom. The van der Waals surface area contributed by atoms with Gasteiger partial charge in [-0.1, -0.05) is 0 Å². The lowest BCUT2D eigenvalue weighted by Gasteiger charge is -2.08. The molecule has 0 atom stereocenters. The van der Waals surface area contributed by atoms with Crippen molar-refractivity contribution in [3.05, 3.63) is 71.2 Å². The number of amides is 1. The van der Waals surface area contributed by atoms with Crippen LogP contribution in [0.25, 0.3) is 16.6 Å². The first kappa shape index (κ1) is 18.4. The number of esters is 1. The fraction of sp³-hybridized carbons (Fsp3) is 0.143. The summed E-state index contributed by atoms with van der Waals surface area (Å²) in [7, 11) is 1.30. The van der Waals surface area contributed by atoms with E-state index in [1.54, 1.807) is 30.3 Å². The fourth-order valence-electron chi connectivity index (χ4n) is 3.19. The van der Waals surface area contributed by atoms with E-state index in [1.165, 1.54) is 7.11 Å². The predicted molar refractivity (Wildman–Crippen MR) is 108 cm³/mol. The van der Waals surface area contributed by atoms with Gasteiger partial charge in [0.05, 0.1) is 24.0 Å². The molecule has 0 saturated heterocycles. The number of nitrogens with zero attached hydrogens (tertiary/aromatic N) is 3. The van der Waals surface area contributed by atoms with E-state index < -0.39 is 5.97 Å². The van der Waals surface area contributed by atoms with Crippen molar-refractivity contribution < 1.29 is 14.3 Å². The van der Waals surface area contributed by atoms with Gasteiger partial charge in [0.15, 0.2) is 5.69 Å². The van der Waals surface area contributed by atoms with Gasteiger partial charge < -0.3 is 10.1 Å².